The summed E-state index contributed by atoms with van der Waals surface area (Å²) in [5, 5.41) is 19.9. The Morgan fingerprint density at radius 3 is 2.80 bits per heavy atom. The molecule has 1 N–H and O–H groups in total. The van der Waals surface area contributed by atoms with Crippen molar-refractivity contribution in [3.8, 4) is 22.5 Å². The first kappa shape index (κ1) is 19.0. The Labute approximate surface area is 179 Å². The van der Waals surface area contributed by atoms with Crippen molar-refractivity contribution in [2.45, 2.75) is 31.7 Å². The monoisotopic (exact) mass is 418 g/mol. The second kappa shape index (κ2) is 7.67. The molecule has 3 aromatic rings. The van der Waals surface area contributed by atoms with Crippen LogP contribution in [0.4, 0.5) is 0 Å². The standard InChI is InChI=1S/C22H22N6OS/c1-14-11-27(9-8-24-14)22(29)19-13-30-21(25-19)20-17(10-23)12-28(26-20)18-6-4-16(5-7-18)15-2-3-15/h4-7,12-15,24H,2-3,8-9,11H2,1H3/t14-/m0/s1. The van der Waals surface area contributed by atoms with E-state index in [-0.39, 0.29) is 11.9 Å². The first-order valence-corrected chi connectivity index (χ1v) is 11.1. The Kier molecular flexibility index (Phi) is 4.85. The predicted octanol–water partition coefficient (Wildman–Crippen LogP) is 3.18. The van der Waals surface area contributed by atoms with Gasteiger partial charge in [0.1, 0.15) is 28.0 Å². The molecule has 1 aliphatic carbocycles. The number of hydrogen-bond acceptors (Lipinski definition) is 6. The Morgan fingerprint density at radius 2 is 2.10 bits per heavy atom. The molecule has 152 valence electrons. The van der Waals surface area contributed by atoms with E-state index in [4.69, 9.17) is 0 Å². The number of amides is 1. The van der Waals surface area contributed by atoms with Gasteiger partial charge < -0.3 is 10.2 Å². The molecule has 2 aromatic heterocycles. The number of nitrogens with one attached hydrogen (secondary N) is 1. The second-order valence-corrected chi connectivity index (χ2v) is 8.82. The maximum Gasteiger partial charge on any atom is 0.273 e. The smallest absolute Gasteiger partial charge is 0.273 e. The van der Waals surface area contributed by atoms with Crippen molar-refractivity contribution < 1.29 is 4.79 Å². The topological polar surface area (TPSA) is 86.8 Å². The van der Waals surface area contributed by atoms with Crippen molar-refractivity contribution in [3.05, 3.63) is 52.7 Å². The number of carbonyl (C=O) groups excluding carboxylic acids is 1. The quantitative estimate of drug-likeness (QED) is 0.703. The van der Waals surface area contributed by atoms with Gasteiger partial charge >= 0.3 is 0 Å². The predicted molar refractivity (Wildman–Crippen MR) is 115 cm³/mol. The summed E-state index contributed by atoms with van der Waals surface area (Å²) in [6.07, 6.45) is 4.26. The zero-order valence-electron chi connectivity index (χ0n) is 16.7. The van der Waals surface area contributed by atoms with Gasteiger partial charge in [0, 0.05) is 37.3 Å². The molecule has 1 aliphatic heterocycles. The van der Waals surface area contributed by atoms with Gasteiger partial charge in [-0.05, 0) is 43.4 Å². The molecule has 3 heterocycles. The zero-order valence-corrected chi connectivity index (χ0v) is 17.5. The van der Waals surface area contributed by atoms with Crippen LogP contribution in [0.1, 0.15) is 47.3 Å². The minimum Gasteiger partial charge on any atom is -0.334 e. The second-order valence-electron chi connectivity index (χ2n) is 7.96. The van der Waals surface area contributed by atoms with E-state index in [2.05, 4.69) is 40.5 Å². The number of thiazole rings is 1. The number of nitrogens with zero attached hydrogens (tertiary/aromatic N) is 5. The van der Waals surface area contributed by atoms with Crippen molar-refractivity contribution in [3.63, 3.8) is 0 Å². The minimum absolute atomic E-state index is 0.0699. The minimum atomic E-state index is -0.0699. The molecule has 1 amide bonds. The lowest BCUT2D eigenvalue weighted by atomic mass is 10.1. The van der Waals surface area contributed by atoms with E-state index >= 15 is 0 Å². The van der Waals surface area contributed by atoms with E-state index in [1.807, 2.05) is 17.0 Å². The summed E-state index contributed by atoms with van der Waals surface area (Å²) in [5.41, 5.74) is 3.64. The summed E-state index contributed by atoms with van der Waals surface area (Å²) in [4.78, 5) is 19.2. The first-order chi connectivity index (χ1) is 14.6. The molecule has 5 rings (SSSR count). The lowest BCUT2D eigenvalue weighted by Crippen LogP contribution is -2.51. The van der Waals surface area contributed by atoms with E-state index in [1.165, 1.54) is 29.7 Å². The van der Waals surface area contributed by atoms with Gasteiger partial charge in [0.2, 0.25) is 0 Å². The van der Waals surface area contributed by atoms with Crippen molar-refractivity contribution in [2.24, 2.45) is 0 Å². The van der Waals surface area contributed by atoms with Crippen LogP contribution in [0.2, 0.25) is 0 Å². The molecule has 0 radical (unpaired) electrons. The van der Waals surface area contributed by atoms with Crippen molar-refractivity contribution in [2.75, 3.05) is 19.6 Å². The lowest BCUT2D eigenvalue weighted by Gasteiger charge is -2.31. The largest absolute Gasteiger partial charge is 0.334 e. The van der Waals surface area contributed by atoms with Crippen LogP contribution in [0.25, 0.3) is 16.4 Å². The number of piperazine rings is 1. The number of hydrogen-bond donors (Lipinski definition) is 1. The summed E-state index contributed by atoms with van der Waals surface area (Å²) in [6, 6.07) is 10.8. The molecule has 1 saturated carbocycles. The molecule has 1 atom stereocenters. The molecular formula is C22H22N6OS. The van der Waals surface area contributed by atoms with E-state index in [0.717, 1.165) is 12.2 Å². The normalized spacial score (nSPS) is 18.9. The van der Waals surface area contributed by atoms with Crippen molar-refractivity contribution >= 4 is 17.2 Å². The number of aromatic nitrogens is 3. The fraction of sp³-hybridized carbons (Fsp3) is 0.364. The van der Waals surface area contributed by atoms with Crippen molar-refractivity contribution in [1.82, 2.24) is 25.0 Å². The number of rotatable bonds is 4. The van der Waals surface area contributed by atoms with Crippen LogP contribution in [0, 0.1) is 11.3 Å². The van der Waals surface area contributed by atoms with E-state index in [9.17, 15) is 10.1 Å². The Hall–Kier alpha value is -3.02. The first-order valence-electron chi connectivity index (χ1n) is 10.2. The highest BCUT2D eigenvalue weighted by atomic mass is 32.1. The van der Waals surface area contributed by atoms with Crippen LogP contribution in [0.15, 0.2) is 35.8 Å². The highest BCUT2D eigenvalue weighted by molar-refractivity contribution is 7.13. The van der Waals surface area contributed by atoms with Gasteiger partial charge in [-0.2, -0.15) is 10.4 Å². The average molecular weight is 419 g/mol. The van der Waals surface area contributed by atoms with E-state index in [1.54, 1.807) is 16.3 Å². The molecule has 8 heteroatoms. The van der Waals surface area contributed by atoms with Crippen LogP contribution < -0.4 is 5.32 Å². The summed E-state index contributed by atoms with van der Waals surface area (Å²) < 4.78 is 1.71. The van der Waals surface area contributed by atoms with Gasteiger partial charge in [-0.15, -0.1) is 11.3 Å². The van der Waals surface area contributed by atoms with Crippen LogP contribution in [0.5, 0.6) is 0 Å². The Balaban J connectivity index is 1.40. The highest BCUT2D eigenvalue weighted by Crippen LogP contribution is 2.40. The van der Waals surface area contributed by atoms with E-state index < -0.39 is 0 Å². The van der Waals surface area contributed by atoms with Gasteiger partial charge in [0.15, 0.2) is 0 Å². The summed E-state index contributed by atoms with van der Waals surface area (Å²) in [5.74, 6) is 0.631. The molecule has 0 spiro atoms. The molecule has 0 bridgehead atoms. The summed E-state index contributed by atoms with van der Waals surface area (Å²) >= 11 is 1.35. The van der Waals surface area contributed by atoms with Crippen LogP contribution >= 0.6 is 11.3 Å². The van der Waals surface area contributed by atoms with Crippen molar-refractivity contribution in [1.29, 1.82) is 5.26 Å². The molecule has 1 aromatic carbocycles. The Morgan fingerprint density at radius 1 is 1.30 bits per heavy atom. The molecule has 30 heavy (non-hydrogen) atoms. The maximum atomic E-state index is 12.8. The molecule has 0 unspecified atom stereocenters. The third-order valence-electron chi connectivity index (χ3n) is 5.62. The van der Waals surface area contributed by atoms with E-state index in [0.29, 0.717) is 41.0 Å². The Bertz CT molecular complexity index is 1120. The molecular weight excluding hydrogens is 396 g/mol. The van der Waals surface area contributed by atoms with Gasteiger partial charge in [0.05, 0.1) is 5.69 Å². The molecule has 2 aliphatic rings. The number of carbonyl (C=O) groups is 1. The molecule has 1 saturated heterocycles. The van der Waals surface area contributed by atoms with Gasteiger partial charge in [-0.1, -0.05) is 12.1 Å². The maximum absolute atomic E-state index is 12.8. The SMILES string of the molecule is C[C@H]1CN(C(=O)c2csc(-c3nn(-c4ccc(C5CC5)cc4)cc3C#N)n2)CCN1. The van der Waals surface area contributed by atoms with Gasteiger partial charge in [-0.25, -0.2) is 9.67 Å². The lowest BCUT2D eigenvalue weighted by molar-refractivity contribution is 0.0704. The fourth-order valence-electron chi connectivity index (χ4n) is 3.82. The summed E-state index contributed by atoms with van der Waals surface area (Å²) in [7, 11) is 0. The number of benzene rings is 1. The third kappa shape index (κ3) is 3.62. The van der Waals surface area contributed by atoms with Crippen LogP contribution in [-0.4, -0.2) is 51.2 Å². The van der Waals surface area contributed by atoms with Gasteiger partial charge in [-0.3, -0.25) is 4.79 Å². The highest BCUT2D eigenvalue weighted by Gasteiger charge is 2.25. The average Bonchev–Trinajstić information content (AvgIpc) is 3.34. The summed E-state index contributed by atoms with van der Waals surface area (Å²) in [6.45, 7) is 4.19. The fourth-order valence-corrected chi connectivity index (χ4v) is 4.61. The van der Waals surface area contributed by atoms with Crippen LogP contribution in [-0.2, 0) is 0 Å². The molecule has 2 fully saturated rings. The van der Waals surface area contributed by atoms with Gasteiger partial charge in [0.25, 0.3) is 5.91 Å². The van der Waals surface area contributed by atoms with Crippen LogP contribution in [0.3, 0.4) is 0 Å². The third-order valence-corrected chi connectivity index (χ3v) is 6.47. The molecule has 7 nitrogen and oxygen atoms in total. The number of nitriles is 1. The zero-order chi connectivity index (χ0) is 20.7.